The number of halogens is 1. The van der Waals surface area contributed by atoms with E-state index in [0.717, 1.165) is 25.4 Å². The standard InChI is InChI=1S/C16H18FN3O4/c1-18-3-5-19(6-4-18)14-8-13-10(7-12(14)17)15(21)11(16(22)23)9-20(13)24-2/h7-9H,3-6H2,1-2H3,(H,22,23). The van der Waals surface area contributed by atoms with Gasteiger partial charge in [0.2, 0.25) is 5.43 Å². The number of fused-ring (bicyclic) bond motifs is 1. The molecule has 1 aliphatic heterocycles. The molecule has 1 N–H and O–H groups in total. The minimum atomic E-state index is -1.38. The van der Waals surface area contributed by atoms with Crippen LogP contribution in [0.3, 0.4) is 0 Å². The Morgan fingerprint density at radius 2 is 1.92 bits per heavy atom. The molecule has 2 heterocycles. The maximum atomic E-state index is 14.6. The molecule has 0 bridgehead atoms. The molecule has 7 nitrogen and oxygen atoms in total. The van der Waals surface area contributed by atoms with E-state index < -0.39 is 22.8 Å². The normalized spacial score (nSPS) is 15.7. The van der Waals surface area contributed by atoms with Crippen molar-refractivity contribution in [2.24, 2.45) is 0 Å². The third kappa shape index (κ3) is 2.69. The number of piperazine rings is 1. The van der Waals surface area contributed by atoms with Gasteiger partial charge < -0.3 is 19.7 Å². The van der Waals surface area contributed by atoms with E-state index in [2.05, 4.69) is 4.90 Å². The number of benzene rings is 1. The van der Waals surface area contributed by atoms with Crippen molar-refractivity contribution < 1.29 is 19.1 Å². The van der Waals surface area contributed by atoms with Gasteiger partial charge in [-0.25, -0.2) is 9.18 Å². The number of hydrogen-bond acceptors (Lipinski definition) is 5. The van der Waals surface area contributed by atoms with Gasteiger partial charge >= 0.3 is 5.97 Å². The van der Waals surface area contributed by atoms with Crippen LogP contribution in [0.15, 0.2) is 23.1 Å². The topological polar surface area (TPSA) is 75.0 Å². The zero-order chi connectivity index (χ0) is 17.4. The highest BCUT2D eigenvalue weighted by atomic mass is 19.1. The second-order valence-electron chi connectivity index (χ2n) is 5.80. The summed E-state index contributed by atoms with van der Waals surface area (Å²) in [5.41, 5.74) is -0.475. The van der Waals surface area contributed by atoms with Crippen molar-refractivity contribution in [1.29, 1.82) is 0 Å². The summed E-state index contributed by atoms with van der Waals surface area (Å²) in [6.45, 7) is 2.96. The minimum absolute atomic E-state index is 0.0212. The number of anilines is 1. The number of carboxylic acids is 1. The predicted octanol–water partition coefficient (Wildman–Crippen LogP) is 0.649. The number of likely N-dealkylation sites (N-methyl/N-ethyl adjacent to an activating group) is 1. The number of nitrogens with zero attached hydrogens (tertiary/aromatic N) is 3. The molecule has 1 aromatic carbocycles. The summed E-state index contributed by atoms with van der Waals surface area (Å²) < 4.78 is 15.7. The number of carboxylic acid groups (broad SMARTS) is 1. The van der Waals surface area contributed by atoms with Crippen molar-refractivity contribution >= 4 is 22.6 Å². The van der Waals surface area contributed by atoms with Gasteiger partial charge in [-0.15, -0.1) is 0 Å². The zero-order valence-electron chi connectivity index (χ0n) is 13.5. The highest BCUT2D eigenvalue weighted by molar-refractivity contribution is 5.93. The highest BCUT2D eigenvalue weighted by Gasteiger charge is 2.21. The van der Waals surface area contributed by atoms with Gasteiger partial charge in [0.05, 0.1) is 22.8 Å². The van der Waals surface area contributed by atoms with E-state index >= 15 is 0 Å². The van der Waals surface area contributed by atoms with Crippen LogP contribution in [0.5, 0.6) is 0 Å². The lowest BCUT2D eigenvalue weighted by Gasteiger charge is -2.34. The molecule has 0 atom stereocenters. The van der Waals surface area contributed by atoms with Crippen molar-refractivity contribution in [1.82, 2.24) is 9.63 Å². The largest absolute Gasteiger partial charge is 0.477 e. The third-order valence-corrected chi connectivity index (χ3v) is 4.31. The Kier molecular flexibility index (Phi) is 4.15. The Morgan fingerprint density at radius 3 is 2.50 bits per heavy atom. The van der Waals surface area contributed by atoms with E-state index in [1.165, 1.54) is 17.9 Å². The number of hydrogen-bond donors (Lipinski definition) is 1. The second kappa shape index (κ2) is 6.12. The van der Waals surface area contributed by atoms with Crippen LogP contribution in [0.2, 0.25) is 0 Å². The second-order valence-corrected chi connectivity index (χ2v) is 5.80. The Hall–Kier alpha value is -2.61. The van der Waals surface area contributed by atoms with E-state index in [1.54, 1.807) is 0 Å². The molecule has 24 heavy (non-hydrogen) atoms. The first-order valence-electron chi connectivity index (χ1n) is 7.52. The van der Waals surface area contributed by atoms with Crippen molar-refractivity contribution in [2.75, 3.05) is 45.2 Å². The lowest BCUT2D eigenvalue weighted by atomic mass is 10.1. The number of rotatable bonds is 3. The smallest absolute Gasteiger partial charge is 0.341 e. The van der Waals surface area contributed by atoms with Gasteiger partial charge in [0.15, 0.2) is 0 Å². The van der Waals surface area contributed by atoms with Gasteiger partial charge in [0.25, 0.3) is 0 Å². The summed E-state index contributed by atoms with van der Waals surface area (Å²) in [6, 6.07) is 2.62. The maximum Gasteiger partial charge on any atom is 0.341 e. The number of carbonyl (C=O) groups is 1. The molecule has 1 aromatic heterocycles. The summed E-state index contributed by atoms with van der Waals surface area (Å²) in [7, 11) is 3.36. The van der Waals surface area contributed by atoms with E-state index in [-0.39, 0.29) is 5.39 Å². The molecule has 0 radical (unpaired) electrons. The molecule has 0 amide bonds. The number of aromatic nitrogens is 1. The Bertz CT molecular complexity index is 857. The SMILES string of the molecule is COn1cc(C(=O)O)c(=O)c2cc(F)c(N3CCN(C)CC3)cc21. The van der Waals surface area contributed by atoms with Crippen molar-refractivity contribution in [2.45, 2.75) is 0 Å². The fourth-order valence-corrected chi connectivity index (χ4v) is 2.90. The minimum Gasteiger partial charge on any atom is -0.477 e. The van der Waals surface area contributed by atoms with Crippen LogP contribution < -0.4 is 15.2 Å². The fraction of sp³-hybridized carbons (Fsp3) is 0.375. The molecule has 1 aliphatic rings. The molecule has 8 heteroatoms. The van der Waals surface area contributed by atoms with E-state index in [1.807, 2.05) is 11.9 Å². The van der Waals surface area contributed by atoms with Gasteiger partial charge in [-0.3, -0.25) is 4.79 Å². The van der Waals surface area contributed by atoms with Gasteiger partial charge in [-0.05, 0) is 19.2 Å². The van der Waals surface area contributed by atoms with Gasteiger partial charge in [-0.1, -0.05) is 0 Å². The van der Waals surface area contributed by atoms with E-state index in [4.69, 9.17) is 9.94 Å². The molecule has 3 rings (SSSR count). The molecule has 0 saturated carbocycles. The molecular formula is C16H18FN3O4. The zero-order valence-corrected chi connectivity index (χ0v) is 13.5. The lowest BCUT2D eigenvalue weighted by molar-refractivity contribution is 0.0691. The first-order valence-corrected chi connectivity index (χ1v) is 7.52. The van der Waals surface area contributed by atoms with Crippen LogP contribution in [0.1, 0.15) is 10.4 Å². The third-order valence-electron chi connectivity index (χ3n) is 4.31. The number of pyridine rings is 1. The predicted molar refractivity (Wildman–Crippen MR) is 87.3 cm³/mol. The number of aromatic carboxylic acids is 1. The highest BCUT2D eigenvalue weighted by Crippen LogP contribution is 2.25. The Balaban J connectivity index is 2.18. The molecule has 0 aliphatic carbocycles. The van der Waals surface area contributed by atoms with E-state index in [0.29, 0.717) is 24.3 Å². The molecule has 0 unspecified atom stereocenters. The first kappa shape index (κ1) is 16.3. The molecular weight excluding hydrogens is 317 g/mol. The van der Waals surface area contributed by atoms with Crippen LogP contribution in [0, 0.1) is 5.82 Å². The molecule has 0 spiro atoms. The molecule has 1 fully saturated rings. The molecule has 128 valence electrons. The van der Waals surface area contributed by atoms with Crippen LogP contribution in [-0.4, -0.2) is 61.0 Å². The molecule has 1 saturated heterocycles. The van der Waals surface area contributed by atoms with Crippen LogP contribution >= 0.6 is 0 Å². The monoisotopic (exact) mass is 335 g/mol. The van der Waals surface area contributed by atoms with Crippen molar-refractivity contribution in [3.05, 3.63) is 39.9 Å². The van der Waals surface area contributed by atoms with Crippen molar-refractivity contribution in [3.63, 3.8) is 0 Å². The van der Waals surface area contributed by atoms with Crippen molar-refractivity contribution in [3.8, 4) is 0 Å². The maximum absolute atomic E-state index is 14.6. The summed E-state index contributed by atoms with van der Waals surface area (Å²) >= 11 is 0. The van der Waals surface area contributed by atoms with Gasteiger partial charge in [-0.2, -0.15) is 4.73 Å². The summed E-state index contributed by atoms with van der Waals surface area (Å²) in [6.07, 6.45) is 1.11. The molecule has 2 aromatic rings. The van der Waals surface area contributed by atoms with Crippen LogP contribution in [-0.2, 0) is 0 Å². The summed E-state index contributed by atoms with van der Waals surface area (Å²) in [5, 5.41) is 9.10. The van der Waals surface area contributed by atoms with Crippen LogP contribution in [0.4, 0.5) is 10.1 Å². The first-order chi connectivity index (χ1) is 11.4. The Labute approximate surface area is 137 Å². The average molecular weight is 335 g/mol. The summed E-state index contributed by atoms with van der Waals surface area (Å²) in [5.74, 6) is -1.93. The lowest BCUT2D eigenvalue weighted by Crippen LogP contribution is -2.44. The average Bonchev–Trinajstić information content (AvgIpc) is 2.56. The van der Waals surface area contributed by atoms with Gasteiger partial charge in [0.1, 0.15) is 18.5 Å². The summed E-state index contributed by atoms with van der Waals surface area (Å²) in [4.78, 5) is 32.7. The quantitative estimate of drug-likeness (QED) is 0.888. The van der Waals surface area contributed by atoms with Crippen LogP contribution in [0.25, 0.3) is 10.9 Å². The fourth-order valence-electron chi connectivity index (χ4n) is 2.90. The van der Waals surface area contributed by atoms with Gasteiger partial charge in [0, 0.05) is 26.2 Å². The Morgan fingerprint density at radius 1 is 1.25 bits per heavy atom. The van der Waals surface area contributed by atoms with E-state index in [9.17, 15) is 14.0 Å².